The van der Waals surface area contributed by atoms with Gasteiger partial charge in [-0.2, -0.15) is 0 Å². The van der Waals surface area contributed by atoms with Gasteiger partial charge >= 0.3 is 0 Å². The first-order valence-corrected chi connectivity index (χ1v) is 9.49. The SMILES string of the molecule is CCCCCc1ccc(C2C=C(C)CCC2)c(O)c1-c1ccncn1. The summed E-state index contributed by atoms with van der Waals surface area (Å²) >= 11 is 0. The number of benzene rings is 1. The smallest absolute Gasteiger partial charge is 0.129 e. The molecule has 1 heterocycles. The number of hydrogen-bond donors (Lipinski definition) is 1. The van der Waals surface area contributed by atoms with Gasteiger partial charge in [0.2, 0.25) is 0 Å². The van der Waals surface area contributed by atoms with Gasteiger partial charge in [0.1, 0.15) is 12.1 Å². The van der Waals surface area contributed by atoms with Crippen molar-refractivity contribution in [1.82, 2.24) is 9.97 Å². The highest BCUT2D eigenvalue weighted by Crippen LogP contribution is 2.42. The quantitative estimate of drug-likeness (QED) is 0.536. The van der Waals surface area contributed by atoms with E-state index in [2.05, 4.69) is 42.0 Å². The summed E-state index contributed by atoms with van der Waals surface area (Å²) in [6.45, 7) is 4.40. The number of nitrogens with zero attached hydrogens (tertiary/aromatic N) is 2. The molecule has 1 unspecified atom stereocenters. The molecule has 2 aromatic rings. The van der Waals surface area contributed by atoms with E-state index >= 15 is 0 Å². The number of allylic oxidation sites excluding steroid dienone is 2. The Balaban J connectivity index is 2.04. The molecule has 3 heteroatoms. The number of phenols is 1. The van der Waals surface area contributed by atoms with Crippen molar-refractivity contribution in [1.29, 1.82) is 0 Å². The van der Waals surface area contributed by atoms with Gasteiger partial charge in [-0.1, -0.05) is 43.5 Å². The standard InChI is InChI=1S/C22H28N2O/c1-3-4-5-8-17-10-11-19(18-9-6-7-16(2)14-18)22(25)21(17)20-12-13-23-15-24-20/h10-15,18,25H,3-9H2,1-2H3. The van der Waals surface area contributed by atoms with Crippen LogP contribution in [-0.2, 0) is 6.42 Å². The van der Waals surface area contributed by atoms with E-state index in [1.165, 1.54) is 36.8 Å². The predicted molar refractivity (Wildman–Crippen MR) is 103 cm³/mol. The van der Waals surface area contributed by atoms with Crippen LogP contribution in [0.3, 0.4) is 0 Å². The van der Waals surface area contributed by atoms with Crippen molar-refractivity contribution in [3.63, 3.8) is 0 Å². The number of unbranched alkanes of at least 4 members (excludes halogenated alkanes) is 2. The lowest BCUT2D eigenvalue weighted by Gasteiger charge is -2.23. The number of aryl methyl sites for hydroxylation is 1. The van der Waals surface area contributed by atoms with E-state index in [-0.39, 0.29) is 0 Å². The van der Waals surface area contributed by atoms with Gasteiger partial charge in [0.25, 0.3) is 0 Å². The second kappa shape index (κ2) is 8.28. The topological polar surface area (TPSA) is 46.0 Å². The third kappa shape index (κ3) is 4.09. The van der Waals surface area contributed by atoms with E-state index in [9.17, 15) is 5.11 Å². The molecule has 0 fully saturated rings. The minimum atomic E-state index is 0.305. The van der Waals surface area contributed by atoms with E-state index in [4.69, 9.17) is 0 Å². The molecule has 0 bridgehead atoms. The Morgan fingerprint density at radius 2 is 2.08 bits per heavy atom. The minimum Gasteiger partial charge on any atom is -0.507 e. The molecule has 1 N–H and O–H groups in total. The first-order chi connectivity index (χ1) is 12.2. The fourth-order valence-electron chi connectivity index (χ4n) is 3.80. The monoisotopic (exact) mass is 336 g/mol. The van der Waals surface area contributed by atoms with E-state index in [0.29, 0.717) is 11.7 Å². The Kier molecular flexibility index (Phi) is 5.85. The molecule has 1 aliphatic carbocycles. The molecule has 0 radical (unpaired) electrons. The first kappa shape index (κ1) is 17.7. The number of hydrogen-bond acceptors (Lipinski definition) is 3. The lowest BCUT2D eigenvalue weighted by atomic mass is 9.83. The molecule has 0 amide bonds. The lowest BCUT2D eigenvalue weighted by molar-refractivity contribution is 0.462. The van der Waals surface area contributed by atoms with Crippen molar-refractivity contribution < 1.29 is 5.11 Å². The van der Waals surface area contributed by atoms with Gasteiger partial charge in [-0.3, -0.25) is 0 Å². The summed E-state index contributed by atoms with van der Waals surface area (Å²) in [5.74, 6) is 0.711. The van der Waals surface area contributed by atoms with Crippen molar-refractivity contribution in [2.24, 2.45) is 0 Å². The molecule has 1 aliphatic rings. The summed E-state index contributed by atoms with van der Waals surface area (Å²) < 4.78 is 0. The van der Waals surface area contributed by atoms with Gasteiger partial charge in [0.05, 0.1) is 5.69 Å². The Labute approximate surface area is 150 Å². The van der Waals surface area contributed by atoms with Gasteiger partial charge in [0, 0.05) is 23.2 Å². The highest BCUT2D eigenvalue weighted by molar-refractivity contribution is 5.73. The number of phenolic OH excluding ortho intramolecular Hbond substituents is 1. The molecule has 1 aromatic carbocycles. The fraction of sp³-hybridized carbons (Fsp3) is 0.455. The second-order valence-corrected chi connectivity index (χ2v) is 7.10. The molecule has 3 nitrogen and oxygen atoms in total. The molecule has 132 valence electrons. The summed E-state index contributed by atoms with van der Waals surface area (Å²) in [5.41, 5.74) is 5.35. The van der Waals surface area contributed by atoms with Gasteiger partial charge in [-0.25, -0.2) is 9.97 Å². The van der Waals surface area contributed by atoms with Crippen LogP contribution < -0.4 is 0 Å². The summed E-state index contributed by atoms with van der Waals surface area (Å²) in [6, 6.07) is 6.21. The van der Waals surface area contributed by atoms with Crippen LogP contribution >= 0.6 is 0 Å². The average Bonchev–Trinajstić information content (AvgIpc) is 2.63. The van der Waals surface area contributed by atoms with Crippen LogP contribution in [-0.4, -0.2) is 15.1 Å². The first-order valence-electron chi connectivity index (χ1n) is 9.49. The molecular weight excluding hydrogens is 308 g/mol. The highest BCUT2D eigenvalue weighted by atomic mass is 16.3. The van der Waals surface area contributed by atoms with Crippen LogP contribution in [0.4, 0.5) is 0 Å². The summed E-state index contributed by atoms with van der Waals surface area (Å²) in [4.78, 5) is 8.44. The number of aromatic hydroxyl groups is 1. The van der Waals surface area contributed by atoms with Crippen LogP contribution in [0.1, 0.15) is 69.4 Å². The summed E-state index contributed by atoms with van der Waals surface area (Å²) in [5, 5.41) is 11.1. The van der Waals surface area contributed by atoms with Crippen molar-refractivity contribution in [3.8, 4) is 17.0 Å². The summed E-state index contributed by atoms with van der Waals surface area (Å²) in [6.07, 6.45) is 13.6. The molecule has 0 spiro atoms. The minimum absolute atomic E-state index is 0.305. The van der Waals surface area contributed by atoms with Crippen LogP contribution in [0.25, 0.3) is 11.3 Å². The third-order valence-electron chi connectivity index (χ3n) is 5.15. The Bertz CT molecular complexity index is 737. The normalized spacial score (nSPS) is 17.4. The maximum Gasteiger partial charge on any atom is 0.129 e. The molecule has 0 saturated carbocycles. The van der Waals surface area contributed by atoms with E-state index in [0.717, 1.165) is 36.1 Å². The van der Waals surface area contributed by atoms with Crippen molar-refractivity contribution in [3.05, 3.63) is 53.5 Å². The Morgan fingerprint density at radius 1 is 1.20 bits per heavy atom. The molecule has 1 aromatic heterocycles. The van der Waals surface area contributed by atoms with E-state index < -0.39 is 0 Å². The maximum atomic E-state index is 11.1. The van der Waals surface area contributed by atoms with Gasteiger partial charge in [0.15, 0.2) is 0 Å². The number of aromatic nitrogens is 2. The zero-order valence-corrected chi connectivity index (χ0v) is 15.3. The van der Waals surface area contributed by atoms with E-state index in [1.54, 1.807) is 12.5 Å². The van der Waals surface area contributed by atoms with Gasteiger partial charge in [-0.05, 0) is 50.7 Å². The Hall–Kier alpha value is -2.16. The summed E-state index contributed by atoms with van der Waals surface area (Å²) in [7, 11) is 0. The van der Waals surface area contributed by atoms with E-state index in [1.807, 2.05) is 6.07 Å². The zero-order chi connectivity index (χ0) is 17.6. The third-order valence-corrected chi connectivity index (χ3v) is 5.15. The van der Waals surface area contributed by atoms with Gasteiger partial charge < -0.3 is 5.11 Å². The molecular formula is C22H28N2O. The van der Waals surface area contributed by atoms with Crippen molar-refractivity contribution in [2.75, 3.05) is 0 Å². The molecule has 0 aliphatic heterocycles. The van der Waals surface area contributed by atoms with Crippen LogP contribution in [0.2, 0.25) is 0 Å². The van der Waals surface area contributed by atoms with Crippen LogP contribution in [0.5, 0.6) is 5.75 Å². The van der Waals surface area contributed by atoms with Crippen molar-refractivity contribution >= 4 is 0 Å². The maximum absolute atomic E-state index is 11.1. The zero-order valence-electron chi connectivity index (χ0n) is 15.3. The molecule has 1 atom stereocenters. The van der Waals surface area contributed by atoms with Crippen LogP contribution in [0, 0.1) is 0 Å². The predicted octanol–water partition coefficient (Wildman–Crippen LogP) is 5.80. The average molecular weight is 336 g/mol. The highest BCUT2D eigenvalue weighted by Gasteiger charge is 2.21. The van der Waals surface area contributed by atoms with Crippen molar-refractivity contribution in [2.45, 2.75) is 64.7 Å². The Morgan fingerprint density at radius 3 is 2.80 bits per heavy atom. The number of rotatable bonds is 6. The largest absolute Gasteiger partial charge is 0.507 e. The second-order valence-electron chi connectivity index (χ2n) is 7.10. The molecule has 25 heavy (non-hydrogen) atoms. The fourth-order valence-corrected chi connectivity index (χ4v) is 3.80. The lowest BCUT2D eigenvalue weighted by Crippen LogP contribution is -2.04. The van der Waals surface area contributed by atoms with Crippen LogP contribution in [0.15, 0.2) is 42.4 Å². The molecule has 0 saturated heterocycles. The van der Waals surface area contributed by atoms with Gasteiger partial charge in [-0.15, -0.1) is 0 Å². The molecule has 3 rings (SSSR count).